The molecule has 0 aliphatic carbocycles. The quantitative estimate of drug-likeness (QED) is 0.315. The molecular weight excluding hydrogens is 604 g/mol. The van der Waals surface area contributed by atoms with E-state index in [-0.39, 0.29) is 29.7 Å². The van der Waals surface area contributed by atoms with Gasteiger partial charge in [-0.25, -0.2) is 5.01 Å². The van der Waals surface area contributed by atoms with Gasteiger partial charge in [0.2, 0.25) is 5.91 Å². The van der Waals surface area contributed by atoms with Crippen molar-refractivity contribution in [3.05, 3.63) is 102 Å². The number of piperidine rings is 1. The van der Waals surface area contributed by atoms with E-state index < -0.39 is 5.41 Å². The van der Waals surface area contributed by atoms with E-state index in [0.29, 0.717) is 52.2 Å². The standard InChI is InChI=1S/C38H48N6O4/c1-2-48-34(45)29-42-24-26-44(27-25-42)40-36(47)38(33-14-9-19-39-28-33)17-21-41(22-18-38)20-15-37(32-12-7-4-8-13-32)16-23-43(30-37)35(46)31-10-5-3-6-11-31/h3-14,19,28H,2,15-18,20-27,29-30H2,1H3,(H,40,47). The van der Waals surface area contributed by atoms with Gasteiger partial charge in [-0.05, 0) is 81.6 Å². The van der Waals surface area contributed by atoms with E-state index in [1.165, 1.54) is 5.56 Å². The number of hydrogen-bond donors (Lipinski definition) is 1. The first-order valence-corrected chi connectivity index (χ1v) is 17.4. The number of nitrogens with one attached hydrogen (secondary N) is 1. The average molecular weight is 653 g/mol. The molecule has 0 bridgehead atoms. The topological polar surface area (TPSA) is 98.3 Å². The van der Waals surface area contributed by atoms with Gasteiger partial charge in [0.15, 0.2) is 0 Å². The van der Waals surface area contributed by atoms with Crippen molar-refractivity contribution >= 4 is 17.8 Å². The van der Waals surface area contributed by atoms with Crippen molar-refractivity contribution in [1.82, 2.24) is 30.1 Å². The number of nitrogens with zero attached hydrogens (tertiary/aromatic N) is 5. The lowest BCUT2D eigenvalue weighted by atomic mass is 9.72. The minimum absolute atomic E-state index is 0.0145. The van der Waals surface area contributed by atoms with Crippen LogP contribution in [0.1, 0.15) is 54.1 Å². The first-order chi connectivity index (χ1) is 23.4. The van der Waals surface area contributed by atoms with E-state index in [1.807, 2.05) is 65.5 Å². The predicted octanol–water partition coefficient (Wildman–Crippen LogP) is 3.50. The highest BCUT2D eigenvalue weighted by Gasteiger charge is 2.45. The monoisotopic (exact) mass is 652 g/mol. The summed E-state index contributed by atoms with van der Waals surface area (Å²) in [5.41, 5.74) is 5.44. The van der Waals surface area contributed by atoms with Crippen LogP contribution in [0.4, 0.5) is 0 Å². The van der Waals surface area contributed by atoms with Crippen molar-refractivity contribution in [1.29, 1.82) is 0 Å². The molecular formula is C38H48N6O4. The Labute approximate surface area is 284 Å². The highest BCUT2D eigenvalue weighted by Crippen LogP contribution is 2.40. The second-order valence-electron chi connectivity index (χ2n) is 13.4. The molecule has 3 aliphatic rings. The van der Waals surface area contributed by atoms with Crippen molar-refractivity contribution in [2.45, 2.75) is 43.4 Å². The maximum absolute atomic E-state index is 14.1. The minimum Gasteiger partial charge on any atom is -0.465 e. The molecule has 3 aliphatic heterocycles. The van der Waals surface area contributed by atoms with E-state index in [4.69, 9.17) is 4.74 Å². The summed E-state index contributed by atoms with van der Waals surface area (Å²) < 4.78 is 5.10. The lowest BCUT2D eigenvalue weighted by Crippen LogP contribution is -2.59. The van der Waals surface area contributed by atoms with Gasteiger partial charge in [0, 0.05) is 62.6 Å². The maximum atomic E-state index is 14.1. The predicted molar refractivity (Wildman–Crippen MR) is 184 cm³/mol. The molecule has 6 rings (SSSR count). The van der Waals surface area contributed by atoms with Crippen LogP contribution in [0.25, 0.3) is 0 Å². The zero-order chi connectivity index (χ0) is 33.4. The molecule has 10 heteroatoms. The van der Waals surface area contributed by atoms with E-state index in [1.54, 1.807) is 6.20 Å². The van der Waals surface area contributed by atoms with Gasteiger partial charge < -0.3 is 14.5 Å². The fourth-order valence-corrected chi connectivity index (χ4v) is 7.67. The molecule has 3 saturated heterocycles. The molecule has 1 N–H and O–H groups in total. The highest BCUT2D eigenvalue weighted by atomic mass is 16.5. The van der Waals surface area contributed by atoms with Crippen LogP contribution >= 0.6 is 0 Å². The van der Waals surface area contributed by atoms with Crippen LogP contribution in [-0.2, 0) is 25.2 Å². The Bertz CT molecular complexity index is 1510. The third-order valence-electron chi connectivity index (χ3n) is 10.6. The van der Waals surface area contributed by atoms with Crippen molar-refractivity contribution in [3.63, 3.8) is 0 Å². The van der Waals surface area contributed by atoms with Crippen LogP contribution in [0.5, 0.6) is 0 Å². The van der Waals surface area contributed by atoms with Crippen molar-refractivity contribution in [3.8, 4) is 0 Å². The maximum Gasteiger partial charge on any atom is 0.320 e. The van der Waals surface area contributed by atoms with Gasteiger partial charge in [-0.15, -0.1) is 0 Å². The Morgan fingerprint density at radius 1 is 0.792 bits per heavy atom. The zero-order valence-corrected chi connectivity index (χ0v) is 28.1. The summed E-state index contributed by atoms with van der Waals surface area (Å²) in [4.78, 5) is 50.5. The summed E-state index contributed by atoms with van der Waals surface area (Å²) in [6.45, 7) is 9.07. The number of piperazine rings is 1. The van der Waals surface area contributed by atoms with E-state index in [9.17, 15) is 14.4 Å². The number of carbonyl (C=O) groups is 3. The normalized spacial score (nSPS) is 21.9. The van der Waals surface area contributed by atoms with Gasteiger partial charge >= 0.3 is 5.97 Å². The second-order valence-corrected chi connectivity index (χ2v) is 13.4. The zero-order valence-electron chi connectivity index (χ0n) is 28.1. The largest absolute Gasteiger partial charge is 0.465 e. The number of esters is 1. The number of carbonyl (C=O) groups excluding carboxylic acids is 3. The molecule has 2 amide bonds. The smallest absolute Gasteiger partial charge is 0.320 e. The summed E-state index contributed by atoms with van der Waals surface area (Å²) >= 11 is 0. The molecule has 254 valence electrons. The molecule has 2 aromatic carbocycles. The number of likely N-dealkylation sites (tertiary alicyclic amines) is 2. The van der Waals surface area contributed by atoms with Gasteiger partial charge in [0.1, 0.15) is 0 Å². The third-order valence-corrected chi connectivity index (χ3v) is 10.6. The summed E-state index contributed by atoms with van der Waals surface area (Å²) in [5, 5.41) is 1.99. The van der Waals surface area contributed by atoms with E-state index in [2.05, 4.69) is 50.5 Å². The molecule has 4 heterocycles. The number of aromatic nitrogens is 1. The molecule has 0 spiro atoms. The highest BCUT2D eigenvalue weighted by molar-refractivity contribution is 5.94. The van der Waals surface area contributed by atoms with Crippen molar-refractivity contribution < 1.29 is 19.1 Å². The SMILES string of the molecule is CCOC(=O)CN1CCN(NC(=O)C2(c3cccnc3)CCN(CCC3(c4ccccc4)CCN(C(=O)c4ccccc4)C3)CC2)CC1. The number of hydrazine groups is 1. The number of pyridine rings is 1. The van der Waals surface area contributed by atoms with Crippen LogP contribution in [-0.4, -0.2) is 115 Å². The molecule has 0 radical (unpaired) electrons. The number of ether oxygens (including phenoxy) is 1. The summed E-state index contributed by atoms with van der Waals surface area (Å²) in [6.07, 6.45) is 6.86. The lowest BCUT2D eigenvalue weighted by Gasteiger charge is -2.43. The molecule has 10 nitrogen and oxygen atoms in total. The molecule has 48 heavy (non-hydrogen) atoms. The Morgan fingerprint density at radius 3 is 2.15 bits per heavy atom. The van der Waals surface area contributed by atoms with E-state index in [0.717, 1.165) is 50.1 Å². The van der Waals surface area contributed by atoms with Gasteiger partial charge in [-0.3, -0.25) is 29.7 Å². The Hall–Kier alpha value is -4.12. The van der Waals surface area contributed by atoms with Gasteiger partial charge in [-0.1, -0.05) is 54.6 Å². The second kappa shape index (κ2) is 15.4. The van der Waals surface area contributed by atoms with Gasteiger partial charge in [-0.2, -0.15) is 0 Å². The number of hydrogen-bond acceptors (Lipinski definition) is 8. The number of rotatable bonds is 11. The Morgan fingerprint density at radius 2 is 1.48 bits per heavy atom. The van der Waals surface area contributed by atoms with Crippen LogP contribution in [0.2, 0.25) is 0 Å². The number of amides is 2. The summed E-state index contributed by atoms with van der Waals surface area (Å²) in [5.74, 6) is -0.0995. The molecule has 0 saturated carbocycles. The fraction of sp³-hybridized carbons (Fsp3) is 0.474. The summed E-state index contributed by atoms with van der Waals surface area (Å²) in [7, 11) is 0. The van der Waals surface area contributed by atoms with Crippen LogP contribution in [0.15, 0.2) is 85.2 Å². The van der Waals surface area contributed by atoms with Gasteiger partial charge in [0.25, 0.3) is 5.91 Å². The Kier molecular flexibility index (Phi) is 10.8. The van der Waals surface area contributed by atoms with Gasteiger partial charge in [0.05, 0.1) is 18.6 Å². The van der Waals surface area contributed by atoms with E-state index >= 15 is 0 Å². The fourth-order valence-electron chi connectivity index (χ4n) is 7.67. The lowest BCUT2D eigenvalue weighted by molar-refractivity contribution is -0.145. The molecule has 1 aromatic heterocycles. The Balaban J connectivity index is 1.09. The minimum atomic E-state index is -0.670. The first kappa shape index (κ1) is 33.8. The third kappa shape index (κ3) is 7.61. The molecule has 1 unspecified atom stereocenters. The first-order valence-electron chi connectivity index (χ1n) is 17.4. The molecule has 3 aromatic rings. The van der Waals surface area contributed by atoms with Crippen LogP contribution in [0.3, 0.4) is 0 Å². The number of benzene rings is 2. The summed E-state index contributed by atoms with van der Waals surface area (Å²) in [6, 6.07) is 24.2. The van der Waals surface area contributed by atoms with Crippen molar-refractivity contribution in [2.24, 2.45) is 0 Å². The molecule has 1 atom stereocenters. The van der Waals surface area contributed by atoms with Crippen LogP contribution in [0, 0.1) is 0 Å². The average Bonchev–Trinajstić information content (AvgIpc) is 3.58. The van der Waals surface area contributed by atoms with Crippen molar-refractivity contribution in [2.75, 3.05) is 72.1 Å². The van der Waals surface area contributed by atoms with Crippen LogP contribution < -0.4 is 5.43 Å². The molecule has 3 fully saturated rings.